The average molecular weight is 238 g/mol. The topological polar surface area (TPSA) is 38.0 Å². The summed E-state index contributed by atoms with van der Waals surface area (Å²) >= 11 is 0. The van der Waals surface area contributed by atoms with Crippen LogP contribution in [0.2, 0.25) is 0 Å². The SMILES string of the molecule is NC(CCNCCCCC(F)(F)F)C1CC1. The smallest absolute Gasteiger partial charge is 0.327 e. The van der Waals surface area contributed by atoms with E-state index in [0.717, 1.165) is 13.0 Å². The summed E-state index contributed by atoms with van der Waals surface area (Å²) in [5, 5.41) is 3.14. The molecule has 2 nitrogen and oxygen atoms in total. The third-order valence-electron chi connectivity index (χ3n) is 2.95. The largest absolute Gasteiger partial charge is 0.389 e. The van der Waals surface area contributed by atoms with Crippen molar-refractivity contribution in [2.24, 2.45) is 11.7 Å². The first-order valence-corrected chi connectivity index (χ1v) is 6.02. The van der Waals surface area contributed by atoms with Gasteiger partial charge in [-0.15, -0.1) is 0 Å². The average Bonchev–Trinajstić information content (AvgIpc) is 2.97. The number of hydrogen-bond acceptors (Lipinski definition) is 2. The third kappa shape index (κ3) is 7.06. The summed E-state index contributed by atoms with van der Waals surface area (Å²) < 4.78 is 35.4. The zero-order valence-corrected chi connectivity index (χ0v) is 9.52. The highest BCUT2D eigenvalue weighted by Crippen LogP contribution is 2.32. The molecular formula is C11H21F3N2. The van der Waals surface area contributed by atoms with Gasteiger partial charge < -0.3 is 11.1 Å². The third-order valence-corrected chi connectivity index (χ3v) is 2.95. The van der Waals surface area contributed by atoms with E-state index in [1.807, 2.05) is 0 Å². The van der Waals surface area contributed by atoms with Gasteiger partial charge >= 0.3 is 6.18 Å². The Kier molecular flexibility index (Phi) is 5.55. The van der Waals surface area contributed by atoms with E-state index in [-0.39, 0.29) is 12.5 Å². The molecule has 0 spiro atoms. The highest BCUT2D eigenvalue weighted by atomic mass is 19.4. The Morgan fingerprint density at radius 3 is 2.44 bits per heavy atom. The predicted octanol–water partition coefficient (Wildman–Crippen LogP) is 2.44. The fourth-order valence-electron chi connectivity index (χ4n) is 1.73. The van der Waals surface area contributed by atoms with Crippen LogP contribution in [0, 0.1) is 5.92 Å². The number of halogens is 3. The van der Waals surface area contributed by atoms with Crippen LogP contribution >= 0.6 is 0 Å². The summed E-state index contributed by atoms with van der Waals surface area (Å²) in [7, 11) is 0. The van der Waals surface area contributed by atoms with E-state index in [4.69, 9.17) is 5.73 Å². The molecule has 0 aromatic rings. The van der Waals surface area contributed by atoms with Crippen LogP contribution < -0.4 is 11.1 Å². The number of rotatable bonds is 8. The Bertz CT molecular complexity index is 190. The van der Waals surface area contributed by atoms with Gasteiger partial charge in [-0.2, -0.15) is 13.2 Å². The second-order valence-corrected chi connectivity index (χ2v) is 4.61. The van der Waals surface area contributed by atoms with Gasteiger partial charge in [0, 0.05) is 12.5 Å². The molecule has 0 aliphatic heterocycles. The molecule has 0 saturated heterocycles. The molecule has 0 aromatic carbocycles. The van der Waals surface area contributed by atoms with E-state index in [9.17, 15) is 13.2 Å². The lowest BCUT2D eigenvalue weighted by molar-refractivity contribution is -0.135. The lowest BCUT2D eigenvalue weighted by atomic mass is 10.1. The molecule has 1 saturated carbocycles. The van der Waals surface area contributed by atoms with E-state index in [1.165, 1.54) is 12.8 Å². The first-order valence-electron chi connectivity index (χ1n) is 6.02. The molecule has 96 valence electrons. The minimum atomic E-state index is -4.01. The maximum atomic E-state index is 11.8. The molecule has 0 radical (unpaired) electrons. The molecule has 0 amide bonds. The number of nitrogens with one attached hydrogen (secondary N) is 1. The molecule has 1 rings (SSSR count). The van der Waals surface area contributed by atoms with Crippen molar-refractivity contribution < 1.29 is 13.2 Å². The van der Waals surface area contributed by atoms with Crippen LogP contribution in [0.15, 0.2) is 0 Å². The minimum absolute atomic E-state index is 0.213. The lowest BCUT2D eigenvalue weighted by Gasteiger charge is -2.11. The normalized spacial score (nSPS) is 18.8. The highest BCUT2D eigenvalue weighted by molar-refractivity contribution is 4.84. The summed E-state index contributed by atoms with van der Waals surface area (Å²) in [6, 6.07) is 0.280. The van der Waals surface area contributed by atoms with E-state index in [2.05, 4.69) is 5.32 Å². The van der Waals surface area contributed by atoms with Crippen molar-refractivity contribution in [2.45, 2.75) is 50.7 Å². The van der Waals surface area contributed by atoms with Crippen molar-refractivity contribution in [3.05, 3.63) is 0 Å². The molecule has 1 fully saturated rings. The summed E-state index contributed by atoms with van der Waals surface area (Å²) in [5.41, 5.74) is 5.89. The summed E-state index contributed by atoms with van der Waals surface area (Å²) in [5.74, 6) is 0.701. The second-order valence-electron chi connectivity index (χ2n) is 4.61. The zero-order chi connectivity index (χ0) is 12.0. The molecular weight excluding hydrogens is 217 g/mol. The van der Waals surface area contributed by atoms with Crippen LogP contribution in [0.5, 0.6) is 0 Å². The van der Waals surface area contributed by atoms with Crippen LogP contribution in [0.3, 0.4) is 0 Å². The van der Waals surface area contributed by atoms with Gasteiger partial charge in [-0.25, -0.2) is 0 Å². The van der Waals surface area contributed by atoms with Crippen LogP contribution in [0.1, 0.15) is 38.5 Å². The quantitative estimate of drug-likeness (QED) is 0.637. The fraction of sp³-hybridized carbons (Fsp3) is 1.00. The van der Waals surface area contributed by atoms with Gasteiger partial charge in [0.1, 0.15) is 0 Å². The van der Waals surface area contributed by atoms with Crippen molar-refractivity contribution >= 4 is 0 Å². The number of hydrogen-bond donors (Lipinski definition) is 2. The number of alkyl halides is 3. The molecule has 1 unspecified atom stereocenters. The highest BCUT2D eigenvalue weighted by Gasteiger charge is 2.27. The van der Waals surface area contributed by atoms with Crippen molar-refractivity contribution in [3.8, 4) is 0 Å². The Balaban J connectivity index is 1.81. The van der Waals surface area contributed by atoms with Gasteiger partial charge in [0.05, 0.1) is 0 Å². The van der Waals surface area contributed by atoms with E-state index < -0.39 is 12.6 Å². The molecule has 1 aliphatic carbocycles. The van der Waals surface area contributed by atoms with Gasteiger partial charge in [-0.1, -0.05) is 0 Å². The molecule has 0 bridgehead atoms. The Labute approximate surface area is 94.8 Å². The molecule has 3 N–H and O–H groups in total. The van der Waals surface area contributed by atoms with E-state index >= 15 is 0 Å². The molecule has 16 heavy (non-hydrogen) atoms. The minimum Gasteiger partial charge on any atom is -0.327 e. The molecule has 1 aliphatic rings. The van der Waals surface area contributed by atoms with Gasteiger partial charge in [0.15, 0.2) is 0 Å². The number of nitrogens with two attached hydrogens (primary N) is 1. The van der Waals surface area contributed by atoms with Crippen LogP contribution in [-0.2, 0) is 0 Å². The van der Waals surface area contributed by atoms with Gasteiger partial charge in [0.25, 0.3) is 0 Å². The molecule has 0 heterocycles. The second kappa shape index (κ2) is 6.45. The molecule has 1 atom stereocenters. The Hall–Kier alpha value is -0.290. The maximum Gasteiger partial charge on any atom is 0.389 e. The lowest BCUT2D eigenvalue weighted by Crippen LogP contribution is -2.28. The summed E-state index contributed by atoms with van der Waals surface area (Å²) in [6.45, 7) is 1.48. The monoisotopic (exact) mass is 238 g/mol. The van der Waals surface area contributed by atoms with Gasteiger partial charge in [-0.3, -0.25) is 0 Å². The summed E-state index contributed by atoms with van der Waals surface area (Å²) in [4.78, 5) is 0. The van der Waals surface area contributed by atoms with Gasteiger partial charge in [-0.05, 0) is 51.1 Å². The zero-order valence-electron chi connectivity index (χ0n) is 9.52. The van der Waals surface area contributed by atoms with Crippen molar-refractivity contribution in [1.82, 2.24) is 5.32 Å². The molecule has 0 aromatic heterocycles. The van der Waals surface area contributed by atoms with Crippen LogP contribution in [-0.4, -0.2) is 25.3 Å². The van der Waals surface area contributed by atoms with Crippen molar-refractivity contribution in [3.63, 3.8) is 0 Å². The maximum absolute atomic E-state index is 11.8. The van der Waals surface area contributed by atoms with Crippen LogP contribution in [0.25, 0.3) is 0 Å². The van der Waals surface area contributed by atoms with Crippen LogP contribution in [0.4, 0.5) is 13.2 Å². The first kappa shape index (κ1) is 13.8. The van der Waals surface area contributed by atoms with Gasteiger partial charge in [0.2, 0.25) is 0 Å². The van der Waals surface area contributed by atoms with E-state index in [1.54, 1.807) is 0 Å². The van der Waals surface area contributed by atoms with E-state index in [0.29, 0.717) is 18.9 Å². The summed E-state index contributed by atoms with van der Waals surface area (Å²) in [6.07, 6.45) is -0.461. The van der Waals surface area contributed by atoms with Crippen molar-refractivity contribution in [2.75, 3.05) is 13.1 Å². The fourth-order valence-corrected chi connectivity index (χ4v) is 1.73. The predicted molar refractivity (Wildman–Crippen MR) is 58.1 cm³/mol. The number of unbranched alkanes of at least 4 members (excludes halogenated alkanes) is 1. The van der Waals surface area contributed by atoms with Crippen molar-refractivity contribution in [1.29, 1.82) is 0 Å². The standard InChI is InChI=1S/C11H21F3N2/c12-11(13,14)6-1-2-7-16-8-5-10(15)9-3-4-9/h9-10,16H,1-8,15H2. The first-order chi connectivity index (χ1) is 7.49. The Morgan fingerprint density at radius 2 is 1.88 bits per heavy atom. The Morgan fingerprint density at radius 1 is 1.19 bits per heavy atom. The molecule has 5 heteroatoms.